The summed E-state index contributed by atoms with van der Waals surface area (Å²) < 4.78 is 65.6. The SMILES string of the molecule is C=CS(=O)(=O)NCC1CCCN(S(=O)(=O)c2cccc(Cl)c2F)C1. The lowest BCUT2D eigenvalue weighted by Gasteiger charge is -2.32. The largest absolute Gasteiger partial charge is 0.246 e. The monoisotopic (exact) mass is 396 g/mol. The van der Waals surface area contributed by atoms with Gasteiger partial charge in [0.1, 0.15) is 4.90 Å². The maximum absolute atomic E-state index is 14.1. The molecule has 0 spiro atoms. The summed E-state index contributed by atoms with van der Waals surface area (Å²) in [5.41, 5.74) is 0. The van der Waals surface area contributed by atoms with Crippen LogP contribution in [0.3, 0.4) is 0 Å². The van der Waals surface area contributed by atoms with Crippen LogP contribution in [0.5, 0.6) is 0 Å². The van der Waals surface area contributed by atoms with Crippen molar-refractivity contribution in [2.24, 2.45) is 5.92 Å². The summed E-state index contributed by atoms with van der Waals surface area (Å²) in [6.45, 7) is 3.65. The molecule has 0 bridgehead atoms. The second-order valence-corrected chi connectivity index (χ2v) is 9.51. The van der Waals surface area contributed by atoms with Gasteiger partial charge in [0.15, 0.2) is 5.82 Å². The summed E-state index contributed by atoms with van der Waals surface area (Å²) in [6.07, 6.45) is 1.23. The van der Waals surface area contributed by atoms with E-state index in [0.29, 0.717) is 12.8 Å². The molecule has 24 heavy (non-hydrogen) atoms. The van der Waals surface area contributed by atoms with Crippen LogP contribution in [0.2, 0.25) is 5.02 Å². The van der Waals surface area contributed by atoms with Crippen LogP contribution in [0.25, 0.3) is 0 Å². The van der Waals surface area contributed by atoms with E-state index in [-0.39, 0.29) is 30.6 Å². The number of piperidine rings is 1. The summed E-state index contributed by atoms with van der Waals surface area (Å²) in [4.78, 5) is -0.470. The van der Waals surface area contributed by atoms with Gasteiger partial charge in [0.2, 0.25) is 20.0 Å². The lowest BCUT2D eigenvalue weighted by atomic mass is 10.0. The van der Waals surface area contributed by atoms with Gasteiger partial charge in [-0.25, -0.2) is 25.9 Å². The van der Waals surface area contributed by atoms with Crippen molar-refractivity contribution in [3.8, 4) is 0 Å². The van der Waals surface area contributed by atoms with Crippen LogP contribution in [0, 0.1) is 11.7 Å². The summed E-state index contributed by atoms with van der Waals surface area (Å²) in [7, 11) is -7.60. The minimum absolute atomic E-state index is 0.0956. The van der Waals surface area contributed by atoms with E-state index in [0.717, 1.165) is 9.71 Å². The fourth-order valence-corrected chi connectivity index (χ4v) is 4.99. The smallest absolute Gasteiger partial charge is 0.211 e. The van der Waals surface area contributed by atoms with Gasteiger partial charge < -0.3 is 0 Å². The molecule has 1 fully saturated rings. The molecule has 1 saturated heterocycles. The number of nitrogens with zero attached hydrogens (tertiary/aromatic N) is 1. The molecule has 1 unspecified atom stereocenters. The molecule has 0 saturated carbocycles. The molecule has 10 heteroatoms. The molecule has 1 N–H and O–H groups in total. The van der Waals surface area contributed by atoms with Gasteiger partial charge in [0, 0.05) is 25.0 Å². The standard InChI is InChI=1S/C14H18ClFN2O4S2/c1-2-23(19,20)17-9-11-5-4-8-18(10-11)24(21,22)13-7-3-6-12(15)14(13)16/h2-3,6-7,11,17H,1,4-5,8-10H2. The van der Waals surface area contributed by atoms with Crippen molar-refractivity contribution < 1.29 is 21.2 Å². The number of hydrogen-bond acceptors (Lipinski definition) is 4. The Morgan fingerprint density at radius 2 is 2.08 bits per heavy atom. The van der Waals surface area contributed by atoms with E-state index < -0.39 is 30.8 Å². The van der Waals surface area contributed by atoms with Crippen molar-refractivity contribution in [3.63, 3.8) is 0 Å². The lowest BCUT2D eigenvalue weighted by molar-refractivity contribution is 0.266. The molecule has 2 rings (SSSR count). The molecule has 0 aliphatic carbocycles. The van der Waals surface area contributed by atoms with Crippen LogP contribution in [0.1, 0.15) is 12.8 Å². The Bertz CT molecular complexity index is 827. The third-order valence-electron chi connectivity index (χ3n) is 3.81. The molecule has 1 aliphatic heterocycles. The van der Waals surface area contributed by atoms with E-state index in [1.165, 1.54) is 18.2 Å². The summed E-state index contributed by atoms with van der Waals surface area (Å²) in [5.74, 6) is -1.18. The van der Waals surface area contributed by atoms with Crippen LogP contribution in [0.4, 0.5) is 4.39 Å². The average molecular weight is 397 g/mol. The minimum Gasteiger partial charge on any atom is -0.211 e. The number of hydrogen-bond donors (Lipinski definition) is 1. The average Bonchev–Trinajstić information content (AvgIpc) is 2.56. The second-order valence-electron chi connectivity index (χ2n) is 5.48. The van der Waals surface area contributed by atoms with Gasteiger partial charge in [-0.3, -0.25) is 0 Å². The fraction of sp³-hybridized carbons (Fsp3) is 0.429. The molecule has 0 amide bonds. The van der Waals surface area contributed by atoms with Crippen molar-refractivity contribution >= 4 is 31.6 Å². The van der Waals surface area contributed by atoms with Crippen molar-refractivity contribution in [2.45, 2.75) is 17.7 Å². The van der Waals surface area contributed by atoms with Gasteiger partial charge in [-0.05, 0) is 30.9 Å². The van der Waals surface area contributed by atoms with E-state index in [1.54, 1.807) is 0 Å². The molecule has 1 aliphatic rings. The van der Waals surface area contributed by atoms with Gasteiger partial charge in [-0.1, -0.05) is 24.2 Å². The summed E-state index contributed by atoms with van der Waals surface area (Å²) in [5, 5.41) is 0.537. The van der Waals surface area contributed by atoms with E-state index in [9.17, 15) is 21.2 Å². The molecule has 134 valence electrons. The van der Waals surface area contributed by atoms with Crippen molar-refractivity contribution in [1.82, 2.24) is 9.03 Å². The molecule has 0 aromatic heterocycles. The van der Waals surface area contributed by atoms with Crippen molar-refractivity contribution in [3.05, 3.63) is 41.0 Å². The number of sulfonamides is 2. The highest BCUT2D eigenvalue weighted by atomic mass is 35.5. The molecule has 1 aromatic rings. The Hall–Kier alpha value is -1.00. The highest BCUT2D eigenvalue weighted by Gasteiger charge is 2.32. The van der Waals surface area contributed by atoms with Crippen LogP contribution in [-0.4, -0.2) is 40.8 Å². The fourth-order valence-electron chi connectivity index (χ4n) is 2.53. The van der Waals surface area contributed by atoms with E-state index in [1.807, 2.05) is 0 Å². The van der Waals surface area contributed by atoms with Crippen LogP contribution >= 0.6 is 11.6 Å². The molecule has 0 radical (unpaired) electrons. The van der Waals surface area contributed by atoms with Gasteiger partial charge in [-0.2, -0.15) is 4.31 Å². The third-order valence-corrected chi connectivity index (χ3v) is 6.99. The Morgan fingerprint density at radius 3 is 2.75 bits per heavy atom. The first kappa shape index (κ1) is 19.3. The van der Waals surface area contributed by atoms with E-state index >= 15 is 0 Å². The second kappa shape index (κ2) is 7.49. The highest BCUT2D eigenvalue weighted by molar-refractivity contribution is 7.92. The van der Waals surface area contributed by atoms with Gasteiger partial charge >= 0.3 is 0 Å². The molecular weight excluding hydrogens is 379 g/mol. The predicted molar refractivity (Wildman–Crippen MR) is 90.0 cm³/mol. The highest BCUT2D eigenvalue weighted by Crippen LogP contribution is 2.28. The van der Waals surface area contributed by atoms with Gasteiger partial charge in [-0.15, -0.1) is 0 Å². The Balaban J connectivity index is 2.16. The molecule has 6 nitrogen and oxygen atoms in total. The van der Waals surface area contributed by atoms with E-state index in [2.05, 4.69) is 11.3 Å². The topological polar surface area (TPSA) is 83.6 Å². The lowest BCUT2D eigenvalue weighted by Crippen LogP contribution is -2.43. The number of halogens is 2. The van der Waals surface area contributed by atoms with Gasteiger partial charge in [0.25, 0.3) is 0 Å². The Morgan fingerprint density at radius 1 is 1.38 bits per heavy atom. The zero-order valence-electron chi connectivity index (χ0n) is 12.8. The Kier molecular flexibility index (Phi) is 6.03. The molecule has 1 aromatic carbocycles. The molecule has 1 atom stereocenters. The Labute approximate surface area is 146 Å². The maximum Gasteiger partial charge on any atom is 0.246 e. The van der Waals surface area contributed by atoms with Gasteiger partial charge in [0.05, 0.1) is 5.02 Å². The third kappa shape index (κ3) is 4.34. The molecule has 1 heterocycles. The zero-order valence-corrected chi connectivity index (χ0v) is 15.2. The zero-order chi connectivity index (χ0) is 18.0. The van der Waals surface area contributed by atoms with Crippen molar-refractivity contribution in [2.75, 3.05) is 19.6 Å². The number of nitrogens with one attached hydrogen (secondary N) is 1. The normalized spacial score (nSPS) is 20.0. The van der Waals surface area contributed by atoms with Crippen LogP contribution in [0.15, 0.2) is 35.1 Å². The first-order valence-corrected chi connectivity index (χ1v) is 10.6. The quantitative estimate of drug-likeness (QED) is 0.796. The van der Waals surface area contributed by atoms with E-state index in [4.69, 9.17) is 11.6 Å². The first-order chi connectivity index (χ1) is 11.2. The minimum atomic E-state index is -4.03. The first-order valence-electron chi connectivity index (χ1n) is 7.23. The predicted octanol–water partition coefficient (Wildman–Crippen LogP) is 1.94. The molecular formula is C14H18ClFN2O4S2. The van der Waals surface area contributed by atoms with Crippen molar-refractivity contribution in [1.29, 1.82) is 0 Å². The van der Waals surface area contributed by atoms with Crippen LogP contribution < -0.4 is 4.72 Å². The summed E-state index contributed by atoms with van der Waals surface area (Å²) in [6, 6.07) is 3.82. The van der Waals surface area contributed by atoms with Crippen LogP contribution in [-0.2, 0) is 20.0 Å². The summed E-state index contributed by atoms with van der Waals surface area (Å²) >= 11 is 5.66. The number of benzene rings is 1. The maximum atomic E-state index is 14.1. The number of rotatable bonds is 6.